The van der Waals surface area contributed by atoms with Gasteiger partial charge in [0.2, 0.25) is 7.37 Å². The lowest BCUT2D eigenvalue weighted by Crippen LogP contribution is -2.41. The van der Waals surface area contributed by atoms with E-state index in [2.05, 4.69) is 55.2 Å². The predicted octanol–water partition coefficient (Wildman–Crippen LogP) is 4.82. The Kier molecular flexibility index (Phi) is 11.5. The average Bonchev–Trinajstić information content (AvgIpc) is 2.46. The smallest absolute Gasteiger partial charge is 0.250 e. The molecule has 0 saturated heterocycles. The number of unbranched alkanes of at least 4 members (excludes halogenated alkanes) is 3. The van der Waals surface area contributed by atoms with Gasteiger partial charge in [0.25, 0.3) is 0 Å². The van der Waals surface area contributed by atoms with E-state index < -0.39 is 0 Å². The van der Waals surface area contributed by atoms with E-state index in [0.717, 1.165) is 6.42 Å². The Morgan fingerprint density at radius 1 is 0.957 bits per heavy atom. The molecule has 0 spiro atoms. The molecule has 0 aliphatic carbocycles. The van der Waals surface area contributed by atoms with E-state index in [9.17, 15) is 0 Å². The van der Waals surface area contributed by atoms with Crippen molar-refractivity contribution in [2.45, 2.75) is 105 Å². The van der Waals surface area contributed by atoms with Crippen molar-refractivity contribution >= 4 is 14.0 Å². The lowest BCUT2D eigenvalue weighted by Gasteiger charge is -2.33. The lowest BCUT2D eigenvalue weighted by molar-refractivity contribution is -0.123. The summed E-state index contributed by atoms with van der Waals surface area (Å²) in [6.45, 7) is 18.5. The molecule has 0 heterocycles. The normalized spacial score (nSPS) is 13.9. The van der Waals surface area contributed by atoms with Crippen molar-refractivity contribution < 1.29 is 14.1 Å². The third-order valence-electron chi connectivity index (χ3n) is 3.65. The first kappa shape index (κ1) is 23.0. The maximum Gasteiger partial charge on any atom is 0.250 e. The fourth-order valence-electron chi connectivity index (χ4n) is 2.05. The number of hydrogen-bond donors (Lipinski definition) is 0. The number of ether oxygens (including phenoxy) is 2. The van der Waals surface area contributed by atoms with Crippen LogP contribution in [0.4, 0.5) is 0 Å². The van der Waals surface area contributed by atoms with Gasteiger partial charge in [-0.15, -0.1) is 0 Å². The summed E-state index contributed by atoms with van der Waals surface area (Å²) in [5.41, 5.74) is -0.608. The third kappa shape index (κ3) is 14.1. The molecule has 135 valence electrons. The van der Waals surface area contributed by atoms with Gasteiger partial charge in [-0.05, 0) is 41.0 Å². The number of hydrogen-bond acceptors (Lipinski definition) is 3. The van der Waals surface area contributed by atoms with E-state index in [1.807, 2.05) is 7.37 Å². The summed E-state index contributed by atoms with van der Waals surface area (Å²) in [5.74, 6) is 0. The summed E-state index contributed by atoms with van der Waals surface area (Å²) < 4.78 is 17.8. The minimum absolute atomic E-state index is 0.295. The second kappa shape index (κ2) is 11.5. The predicted molar refractivity (Wildman–Crippen MR) is 103 cm³/mol. The van der Waals surface area contributed by atoms with Gasteiger partial charge >= 0.3 is 0 Å². The topological polar surface area (TPSA) is 27.7 Å². The van der Waals surface area contributed by atoms with E-state index in [0.29, 0.717) is 25.9 Å². The van der Waals surface area contributed by atoms with Gasteiger partial charge in [0, 0.05) is 0 Å². The van der Waals surface area contributed by atoms with Crippen molar-refractivity contribution in [2.75, 3.05) is 13.2 Å². The maximum atomic E-state index is 6.05. The van der Waals surface area contributed by atoms with Crippen LogP contribution < -0.4 is 0 Å². The maximum absolute atomic E-state index is 6.05. The quantitative estimate of drug-likeness (QED) is 0.338. The highest BCUT2D eigenvalue weighted by molar-refractivity contribution is 7.08. The van der Waals surface area contributed by atoms with E-state index in [-0.39, 0.29) is 11.2 Å². The van der Waals surface area contributed by atoms with Gasteiger partial charge in [0.05, 0.1) is 30.5 Å². The highest BCUT2D eigenvalue weighted by atomic mass is 16.6. The molecule has 3 nitrogen and oxygen atoms in total. The molecule has 0 rings (SSSR count). The second-order valence-electron chi connectivity index (χ2n) is 8.28. The Balaban J connectivity index is 3.98. The molecule has 1 radical (unpaired) electrons. The van der Waals surface area contributed by atoms with Crippen LogP contribution in [-0.2, 0) is 14.1 Å². The zero-order valence-electron chi connectivity index (χ0n) is 16.9. The van der Waals surface area contributed by atoms with Gasteiger partial charge in [0.15, 0.2) is 0 Å². The minimum Gasteiger partial charge on any atom is -0.444 e. The molecule has 0 aromatic carbocycles. The zero-order chi connectivity index (χ0) is 17.9. The van der Waals surface area contributed by atoms with Gasteiger partial charge in [-0.2, -0.15) is 0 Å². The minimum atomic E-state index is -0.312. The van der Waals surface area contributed by atoms with Crippen LogP contribution in [0.25, 0.3) is 0 Å². The molecule has 0 aliphatic rings. The molecule has 0 aromatic rings. The molecular weight excluding hydrogens is 286 g/mol. The highest BCUT2D eigenvalue weighted by Gasteiger charge is 2.26. The molecule has 23 heavy (non-hydrogen) atoms. The summed E-state index contributed by atoms with van der Waals surface area (Å²) in [6.07, 6.45) is 6.60. The molecule has 0 aromatic heterocycles. The van der Waals surface area contributed by atoms with E-state index in [1.165, 1.54) is 25.7 Å². The lowest BCUT2D eigenvalue weighted by atomic mass is 9.32. The number of rotatable bonds is 14. The van der Waals surface area contributed by atoms with Gasteiger partial charge in [0.1, 0.15) is 6.60 Å². The molecule has 0 bridgehead atoms. The summed E-state index contributed by atoms with van der Waals surface area (Å²) in [5, 5.41) is 0. The Hall–Kier alpha value is 0.00987. The van der Waals surface area contributed by atoms with Gasteiger partial charge < -0.3 is 14.1 Å². The molecule has 0 aliphatic heterocycles. The first-order valence-electron chi connectivity index (χ1n) is 9.34. The van der Waals surface area contributed by atoms with Crippen LogP contribution in [-0.4, -0.2) is 44.5 Å². The fourth-order valence-corrected chi connectivity index (χ4v) is 2.05. The van der Waals surface area contributed by atoms with Crippen molar-refractivity contribution in [3.63, 3.8) is 0 Å². The van der Waals surface area contributed by atoms with Crippen molar-refractivity contribution in [1.82, 2.24) is 0 Å². The Morgan fingerprint density at radius 2 is 1.61 bits per heavy atom. The monoisotopic (exact) mass is 325 g/mol. The first-order chi connectivity index (χ1) is 10.6. The standard InChI is InChI=1S/C18H39B2O3/c1-9-10-11-12-13-16(2)21-14-17(3,4)22-15-18(5,6)23-19-20(7)8/h16H,9-15H2,1-8H3. The summed E-state index contributed by atoms with van der Waals surface area (Å²) in [6, 6.07) is 0. The van der Waals surface area contributed by atoms with E-state index >= 15 is 0 Å². The van der Waals surface area contributed by atoms with Crippen LogP contribution in [0.15, 0.2) is 0 Å². The van der Waals surface area contributed by atoms with Crippen molar-refractivity contribution in [3.8, 4) is 0 Å². The van der Waals surface area contributed by atoms with Crippen molar-refractivity contribution in [1.29, 1.82) is 0 Å². The van der Waals surface area contributed by atoms with E-state index in [1.54, 1.807) is 0 Å². The van der Waals surface area contributed by atoms with Crippen molar-refractivity contribution in [2.24, 2.45) is 0 Å². The van der Waals surface area contributed by atoms with Crippen LogP contribution in [0.5, 0.6) is 0 Å². The summed E-state index contributed by atoms with van der Waals surface area (Å²) >= 11 is 0. The SMILES string of the molecule is CCCCCCC(C)OCC(C)(C)OCC(C)(C)O[B]B(C)C. The molecule has 0 fully saturated rings. The first-order valence-corrected chi connectivity index (χ1v) is 9.34. The molecule has 1 unspecified atom stereocenters. The van der Waals surface area contributed by atoms with Gasteiger partial charge in [-0.3, -0.25) is 0 Å². The second-order valence-corrected chi connectivity index (χ2v) is 8.28. The van der Waals surface area contributed by atoms with Gasteiger partial charge in [-0.25, -0.2) is 0 Å². The van der Waals surface area contributed by atoms with Crippen LogP contribution in [0, 0.1) is 0 Å². The van der Waals surface area contributed by atoms with Crippen LogP contribution in [0.3, 0.4) is 0 Å². The molecule has 0 saturated carbocycles. The fraction of sp³-hybridized carbons (Fsp3) is 1.00. The van der Waals surface area contributed by atoms with Crippen LogP contribution in [0.1, 0.15) is 73.6 Å². The molecule has 5 heteroatoms. The Bertz CT molecular complexity index is 294. The molecular formula is C18H39B2O3. The van der Waals surface area contributed by atoms with Crippen LogP contribution >= 0.6 is 0 Å². The molecule has 0 N–H and O–H groups in total. The Morgan fingerprint density at radius 3 is 2.17 bits per heavy atom. The summed E-state index contributed by atoms with van der Waals surface area (Å²) in [7, 11) is 1.88. The van der Waals surface area contributed by atoms with E-state index in [4.69, 9.17) is 14.1 Å². The average molecular weight is 325 g/mol. The zero-order valence-corrected chi connectivity index (χ0v) is 16.9. The van der Waals surface area contributed by atoms with Gasteiger partial charge in [-0.1, -0.05) is 46.3 Å². The molecule has 0 amide bonds. The van der Waals surface area contributed by atoms with Crippen molar-refractivity contribution in [3.05, 3.63) is 0 Å². The summed E-state index contributed by atoms with van der Waals surface area (Å²) in [4.78, 5) is 0. The Labute approximate surface area is 146 Å². The largest absolute Gasteiger partial charge is 0.444 e. The van der Waals surface area contributed by atoms with Crippen LogP contribution in [0.2, 0.25) is 13.6 Å². The third-order valence-corrected chi connectivity index (χ3v) is 3.65. The molecule has 1 atom stereocenters. The highest BCUT2D eigenvalue weighted by Crippen LogP contribution is 2.18.